The van der Waals surface area contributed by atoms with E-state index in [2.05, 4.69) is 173 Å². The standard InChI is InChI=1S/C46H37N6O/c1-46(2,3)30-21-23-47-44(25-30)52-40-20-17-32(51-38-13-7-5-11-34(38)35-12-6-8-14-39(35)51)26-37(40)36-19-18-33(28-43(36)52)53-45-27-31(22-24-48-45)50-29-49(4)41-15-9-10-16-42(41)50/h5-29H,1-4H3/q+1. The molecule has 5 heterocycles. The number of pyridine rings is 2. The molecule has 5 aromatic heterocycles. The summed E-state index contributed by atoms with van der Waals surface area (Å²) in [6, 6.07) is 47.0. The van der Waals surface area contributed by atoms with Crippen LogP contribution in [0.1, 0.15) is 26.3 Å². The van der Waals surface area contributed by atoms with Gasteiger partial charge >= 0.3 is 0 Å². The van der Waals surface area contributed by atoms with Gasteiger partial charge in [0.1, 0.15) is 17.3 Å². The normalized spacial score (nSPS) is 12.2. The molecule has 0 aliphatic rings. The number of benzene rings is 5. The summed E-state index contributed by atoms with van der Waals surface area (Å²) >= 11 is 0. The van der Waals surface area contributed by atoms with E-state index in [1.165, 1.54) is 27.4 Å². The lowest BCUT2D eigenvalue weighted by Crippen LogP contribution is -2.25. The molecule has 0 amide bonds. The van der Waals surface area contributed by atoms with Crippen LogP contribution in [0.3, 0.4) is 0 Å². The van der Waals surface area contributed by atoms with Crippen molar-refractivity contribution in [3.05, 3.63) is 158 Å². The van der Waals surface area contributed by atoms with Crippen molar-refractivity contribution in [2.24, 2.45) is 7.05 Å². The number of rotatable bonds is 5. The zero-order valence-corrected chi connectivity index (χ0v) is 30.0. The van der Waals surface area contributed by atoms with Gasteiger partial charge in [-0.25, -0.2) is 14.5 Å². The third-order valence-corrected chi connectivity index (χ3v) is 10.4. The molecule has 0 radical (unpaired) electrons. The molecule has 10 rings (SSSR count). The highest BCUT2D eigenvalue weighted by atomic mass is 16.5. The summed E-state index contributed by atoms with van der Waals surface area (Å²) in [5, 5.41) is 4.74. The van der Waals surface area contributed by atoms with Crippen LogP contribution >= 0.6 is 0 Å². The first-order valence-corrected chi connectivity index (χ1v) is 18.0. The van der Waals surface area contributed by atoms with Crippen molar-refractivity contribution < 1.29 is 9.30 Å². The van der Waals surface area contributed by atoms with Crippen LogP contribution in [0.4, 0.5) is 0 Å². The van der Waals surface area contributed by atoms with Crippen LogP contribution in [0, 0.1) is 0 Å². The van der Waals surface area contributed by atoms with E-state index >= 15 is 0 Å². The van der Waals surface area contributed by atoms with E-state index in [4.69, 9.17) is 9.72 Å². The number of aryl methyl sites for hydroxylation is 1. The fraction of sp³-hybridized carbons (Fsp3) is 0.109. The van der Waals surface area contributed by atoms with Gasteiger partial charge in [-0.05, 0) is 77.7 Å². The molecule has 7 heteroatoms. The fourth-order valence-electron chi connectivity index (χ4n) is 7.84. The van der Waals surface area contributed by atoms with Crippen LogP contribution < -0.4 is 9.30 Å². The number of hydrogen-bond donors (Lipinski definition) is 0. The van der Waals surface area contributed by atoms with Crippen LogP contribution in [0.25, 0.3) is 71.8 Å². The second-order valence-electron chi connectivity index (χ2n) is 14.8. The number of fused-ring (bicyclic) bond motifs is 7. The third kappa shape index (κ3) is 4.99. The van der Waals surface area contributed by atoms with Gasteiger partial charge in [0.15, 0.2) is 11.0 Å². The van der Waals surface area contributed by atoms with Crippen LogP contribution in [-0.2, 0) is 12.5 Å². The molecule has 0 aliphatic carbocycles. The maximum Gasteiger partial charge on any atom is 0.249 e. The molecule has 256 valence electrons. The Hall–Kier alpha value is -6.73. The molecular formula is C46H37N6O+. The molecule has 0 saturated carbocycles. The summed E-state index contributed by atoms with van der Waals surface area (Å²) in [5.41, 5.74) is 9.99. The van der Waals surface area contributed by atoms with Gasteiger partial charge in [-0.15, -0.1) is 0 Å². The largest absolute Gasteiger partial charge is 0.439 e. The Balaban J connectivity index is 1.14. The van der Waals surface area contributed by atoms with Crippen LogP contribution in [0.5, 0.6) is 11.6 Å². The Morgan fingerprint density at radius 1 is 0.547 bits per heavy atom. The Morgan fingerprint density at radius 3 is 2.00 bits per heavy atom. The molecule has 10 aromatic rings. The fourth-order valence-corrected chi connectivity index (χ4v) is 7.84. The predicted octanol–water partition coefficient (Wildman–Crippen LogP) is 10.5. The molecule has 0 fully saturated rings. The van der Waals surface area contributed by atoms with E-state index in [0.717, 1.165) is 50.0 Å². The molecule has 0 aliphatic heterocycles. The van der Waals surface area contributed by atoms with Crippen LogP contribution in [0.15, 0.2) is 152 Å². The Morgan fingerprint density at radius 2 is 1.23 bits per heavy atom. The van der Waals surface area contributed by atoms with E-state index in [1.54, 1.807) is 6.20 Å². The minimum atomic E-state index is -0.0345. The van der Waals surface area contributed by atoms with E-state index in [9.17, 15) is 0 Å². The zero-order chi connectivity index (χ0) is 35.8. The molecule has 0 unspecified atom stereocenters. The minimum absolute atomic E-state index is 0.0345. The summed E-state index contributed by atoms with van der Waals surface area (Å²) in [7, 11) is 2.06. The summed E-state index contributed by atoms with van der Waals surface area (Å²) in [6.45, 7) is 6.71. The molecule has 0 saturated heterocycles. The molecule has 5 aromatic carbocycles. The van der Waals surface area contributed by atoms with Crippen molar-refractivity contribution in [3.8, 4) is 28.8 Å². The minimum Gasteiger partial charge on any atom is -0.439 e. The third-order valence-electron chi connectivity index (χ3n) is 10.4. The first kappa shape index (κ1) is 31.0. The zero-order valence-electron chi connectivity index (χ0n) is 30.0. The SMILES string of the molecule is C[n+]1cn(-c2ccnc(Oc3ccc4c5cc(-n6c7ccccc7c7ccccc76)ccc5n(-c5cc(C(C)(C)C)ccn5)c4c3)c2)c2ccccc21. The summed E-state index contributed by atoms with van der Waals surface area (Å²) in [5.74, 6) is 2.09. The van der Waals surface area contributed by atoms with Gasteiger partial charge in [0.25, 0.3) is 0 Å². The highest BCUT2D eigenvalue weighted by Crippen LogP contribution is 2.39. The lowest BCUT2D eigenvalue weighted by molar-refractivity contribution is -0.645. The first-order chi connectivity index (χ1) is 25.8. The van der Waals surface area contributed by atoms with Gasteiger partial charge in [0, 0.05) is 57.8 Å². The van der Waals surface area contributed by atoms with Crippen molar-refractivity contribution in [1.82, 2.24) is 23.7 Å². The highest BCUT2D eigenvalue weighted by molar-refractivity contribution is 6.12. The number of para-hydroxylation sites is 4. The summed E-state index contributed by atoms with van der Waals surface area (Å²) in [4.78, 5) is 9.55. The number of imidazole rings is 1. The van der Waals surface area contributed by atoms with Gasteiger partial charge < -0.3 is 9.30 Å². The molecular weight excluding hydrogens is 653 g/mol. The quantitative estimate of drug-likeness (QED) is 0.169. The van der Waals surface area contributed by atoms with E-state index in [-0.39, 0.29) is 5.41 Å². The molecule has 0 spiro atoms. The van der Waals surface area contributed by atoms with Gasteiger partial charge in [0.2, 0.25) is 12.2 Å². The average molecular weight is 690 g/mol. The van der Waals surface area contributed by atoms with Crippen molar-refractivity contribution in [3.63, 3.8) is 0 Å². The van der Waals surface area contributed by atoms with Crippen molar-refractivity contribution >= 4 is 54.6 Å². The van der Waals surface area contributed by atoms with Gasteiger partial charge in [-0.1, -0.05) is 69.3 Å². The number of nitrogens with zero attached hydrogens (tertiary/aromatic N) is 6. The van der Waals surface area contributed by atoms with E-state index in [1.807, 2.05) is 24.4 Å². The van der Waals surface area contributed by atoms with Crippen molar-refractivity contribution in [2.75, 3.05) is 0 Å². The van der Waals surface area contributed by atoms with Gasteiger partial charge in [0.05, 0.1) is 29.1 Å². The smallest absolute Gasteiger partial charge is 0.249 e. The lowest BCUT2D eigenvalue weighted by Gasteiger charge is -2.20. The molecule has 0 N–H and O–H groups in total. The van der Waals surface area contributed by atoms with Crippen LogP contribution in [-0.4, -0.2) is 23.7 Å². The number of ether oxygens (including phenoxy) is 1. The monoisotopic (exact) mass is 689 g/mol. The van der Waals surface area contributed by atoms with E-state index in [0.29, 0.717) is 11.6 Å². The lowest BCUT2D eigenvalue weighted by atomic mass is 9.88. The topological polar surface area (TPSA) is 53.7 Å². The van der Waals surface area contributed by atoms with Crippen molar-refractivity contribution in [1.29, 1.82) is 0 Å². The maximum atomic E-state index is 6.54. The first-order valence-electron chi connectivity index (χ1n) is 18.0. The number of aromatic nitrogens is 6. The second-order valence-corrected chi connectivity index (χ2v) is 14.8. The average Bonchev–Trinajstić information content (AvgIpc) is 3.81. The Kier molecular flexibility index (Phi) is 6.82. The van der Waals surface area contributed by atoms with Gasteiger partial charge in [-0.2, -0.15) is 4.57 Å². The summed E-state index contributed by atoms with van der Waals surface area (Å²) < 4.78 is 15.5. The molecule has 0 bridgehead atoms. The van der Waals surface area contributed by atoms with E-state index < -0.39 is 0 Å². The van der Waals surface area contributed by atoms with Gasteiger partial charge in [-0.3, -0.25) is 4.57 Å². The predicted molar refractivity (Wildman–Crippen MR) is 214 cm³/mol. The Labute approximate surface area is 306 Å². The second kappa shape index (κ2) is 11.6. The Bertz CT molecular complexity index is 2990. The molecule has 53 heavy (non-hydrogen) atoms. The van der Waals surface area contributed by atoms with Crippen LogP contribution in [0.2, 0.25) is 0 Å². The molecule has 7 nitrogen and oxygen atoms in total. The van der Waals surface area contributed by atoms with Crippen molar-refractivity contribution in [2.45, 2.75) is 26.2 Å². The number of hydrogen-bond acceptors (Lipinski definition) is 3. The molecule has 0 atom stereocenters. The summed E-state index contributed by atoms with van der Waals surface area (Å²) in [6.07, 6.45) is 5.80. The maximum absolute atomic E-state index is 6.54. The highest BCUT2D eigenvalue weighted by Gasteiger charge is 2.21.